The lowest BCUT2D eigenvalue weighted by atomic mass is 10.1. The average molecular weight is 337 g/mol. The van der Waals surface area contributed by atoms with Crippen molar-refractivity contribution in [3.05, 3.63) is 17.2 Å². The number of hydrogen-bond acceptors (Lipinski definition) is 4. The van der Waals surface area contributed by atoms with E-state index in [2.05, 4.69) is 10.6 Å². The molecule has 1 heterocycles. The third-order valence-electron chi connectivity index (χ3n) is 4.66. The molecule has 1 amide bonds. The van der Waals surface area contributed by atoms with Crippen molar-refractivity contribution in [2.75, 3.05) is 25.1 Å². The van der Waals surface area contributed by atoms with E-state index in [1.165, 1.54) is 25.7 Å². The van der Waals surface area contributed by atoms with Gasteiger partial charge in [0.1, 0.15) is 13.2 Å². The first-order valence-electron chi connectivity index (χ1n) is 8.33. The van der Waals surface area contributed by atoms with Crippen LogP contribution in [0.5, 0.6) is 11.5 Å². The number of anilines is 1. The van der Waals surface area contributed by atoms with Gasteiger partial charge in [-0.15, -0.1) is 0 Å². The fourth-order valence-corrected chi connectivity index (χ4v) is 3.36. The van der Waals surface area contributed by atoms with Gasteiger partial charge in [-0.2, -0.15) is 0 Å². The fourth-order valence-electron chi connectivity index (χ4n) is 3.14. The molecule has 0 unspecified atom stereocenters. The predicted molar refractivity (Wildman–Crippen MR) is 88.3 cm³/mol. The normalized spacial score (nSPS) is 19.6. The van der Waals surface area contributed by atoms with Crippen LogP contribution >= 0.6 is 11.6 Å². The molecule has 0 atom stereocenters. The molecule has 0 spiro atoms. The van der Waals surface area contributed by atoms with E-state index in [0.717, 1.165) is 0 Å². The molecule has 2 N–H and O–H groups in total. The van der Waals surface area contributed by atoms with Crippen LogP contribution in [0, 0.1) is 11.8 Å². The Labute approximate surface area is 140 Å². The molecule has 0 bridgehead atoms. The maximum atomic E-state index is 12.2. The first kappa shape index (κ1) is 14.9. The molecule has 2 saturated carbocycles. The summed E-state index contributed by atoms with van der Waals surface area (Å²) in [5.41, 5.74) is 0.695. The number of ether oxygens (including phenoxy) is 2. The molecule has 23 heavy (non-hydrogen) atoms. The maximum absolute atomic E-state index is 12.2. The summed E-state index contributed by atoms with van der Waals surface area (Å²) in [5, 5.41) is 6.83. The van der Waals surface area contributed by atoms with Gasteiger partial charge >= 0.3 is 0 Å². The summed E-state index contributed by atoms with van der Waals surface area (Å²) in [6.45, 7) is 1.27. The molecule has 5 nitrogen and oxygen atoms in total. The second-order valence-corrected chi connectivity index (χ2v) is 7.00. The van der Waals surface area contributed by atoms with Crippen molar-refractivity contribution in [1.82, 2.24) is 5.32 Å². The minimum atomic E-state index is 0.0276. The number of halogens is 1. The number of carbonyl (C=O) groups is 1. The van der Waals surface area contributed by atoms with Crippen molar-refractivity contribution in [2.24, 2.45) is 11.8 Å². The number of hydrogen-bond donors (Lipinski definition) is 2. The minimum Gasteiger partial charge on any atom is -0.486 e. The summed E-state index contributed by atoms with van der Waals surface area (Å²) in [6.07, 6.45) is 5.01. The van der Waals surface area contributed by atoms with E-state index in [0.29, 0.717) is 53.3 Å². The molecular weight excluding hydrogens is 316 g/mol. The highest BCUT2D eigenvalue weighted by atomic mass is 35.5. The Morgan fingerprint density at radius 1 is 1.13 bits per heavy atom. The first-order valence-corrected chi connectivity index (χ1v) is 8.71. The number of carbonyl (C=O) groups excluding carboxylic acids is 1. The summed E-state index contributed by atoms with van der Waals surface area (Å²) in [4.78, 5) is 12.2. The Balaban J connectivity index is 1.35. The molecule has 1 aromatic carbocycles. The number of fused-ring (bicyclic) bond motifs is 1. The quantitative estimate of drug-likeness (QED) is 0.838. The second-order valence-electron chi connectivity index (χ2n) is 6.60. The van der Waals surface area contributed by atoms with Crippen LogP contribution in [0.2, 0.25) is 5.02 Å². The van der Waals surface area contributed by atoms with Crippen molar-refractivity contribution < 1.29 is 14.3 Å². The Morgan fingerprint density at radius 2 is 1.74 bits per heavy atom. The highest BCUT2D eigenvalue weighted by Gasteiger charge is 2.42. The van der Waals surface area contributed by atoms with Gasteiger partial charge in [0.05, 0.1) is 17.3 Å². The number of benzene rings is 1. The standard InChI is InChI=1S/C17H21ClN2O3/c18-12-7-14-15(23-6-5-22-14)8-13(12)19-9-16(21)20-17(10-1-2-10)11-3-4-11/h7-8,10-11,17,19H,1-6,9H2,(H,20,21). The molecular formula is C17H21ClN2O3. The molecule has 3 aliphatic rings. The summed E-state index contributed by atoms with van der Waals surface area (Å²) >= 11 is 6.24. The molecule has 2 aliphatic carbocycles. The number of amides is 1. The van der Waals surface area contributed by atoms with E-state index in [4.69, 9.17) is 21.1 Å². The van der Waals surface area contributed by atoms with E-state index in [1.54, 1.807) is 12.1 Å². The lowest BCUT2D eigenvalue weighted by molar-refractivity contribution is -0.120. The zero-order valence-electron chi connectivity index (χ0n) is 12.9. The van der Waals surface area contributed by atoms with Gasteiger partial charge in [-0.25, -0.2) is 0 Å². The monoisotopic (exact) mass is 336 g/mol. The van der Waals surface area contributed by atoms with Crippen molar-refractivity contribution >= 4 is 23.2 Å². The highest BCUT2D eigenvalue weighted by Crippen LogP contribution is 2.44. The van der Waals surface area contributed by atoms with Crippen molar-refractivity contribution in [3.63, 3.8) is 0 Å². The van der Waals surface area contributed by atoms with Crippen molar-refractivity contribution in [1.29, 1.82) is 0 Å². The zero-order valence-corrected chi connectivity index (χ0v) is 13.7. The van der Waals surface area contributed by atoms with Crippen LogP contribution in [-0.2, 0) is 4.79 Å². The Kier molecular flexibility index (Phi) is 3.97. The van der Waals surface area contributed by atoms with E-state index in [9.17, 15) is 4.79 Å². The number of rotatable bonds is 6. The van der Waals surface area contributed by atoms with Gasteiger partial charge in [0.15, 0.2) is 11.5 Å². The van der Waals surface area contributed by atoms with Gasteiger partial charge in [-0.1, -0.05) is 11.6 Å². The summed E-state index contributed by atoms with van der Waals surface area (Å²) in [5.74, 6) is 2.74. The highest BCUT2D eigenvalue weighted by molar-refractivity contribution is 6.33. The number of nitrogens with one attached hydrogen (secondary N) is 2. The molecule has 124 valence electrons. The van der Waals surface area contributed by atoms with Gasteiger partial charge in [0, 0.05) is 18.2 Å². The summed E-state index contributed by atoms with van der Waals surface area (Å²) < 4.78 is 11.0. The SMILES string of the molecule is O=C(CNc1cc2c(cc1Cl)OCCO2)NC(C1CC1)C1CC1. The van der Waals surface area contributed by atoms with Gasteiger partial charge in [0.25, 0.3) is 0 Å². The van der Waals surface area contributed by atoms with Gasteiger partial charge in [0.2, 0.25) is 5.91 Å². The molecule has 0 saturated heterocycles. The Morgan fingerprint density at radius 3 is 2.35 bits per heavy atom. The topological polar surface area (TPSA) is 59.6 Å². The minimum absolute atomic E-state index is 0.0276. The molecule has 1 aromatic rings. The largest absolute Gasteiger partial charge is 0.486 e. The Bertz CT molecular complexity index is 602. The van der Waals surface area contributed by atoms with Gasteiger partial charge in [-0.3, -0.25) is 4.79 Å². The fraction of sp³-hybridized carbons (Fsp3) is 0.588. The molecule has 0 aromatic heterocycles. The third kappa shape index (κ3) is 3.50. The van der Waals surface area contributed by atoms with E-state index in [1.807, 2.05) is 0 Å². The van der Waals surface area contributed by atoms with Crippen LogP contribution in [0.3, 0.4) is 0 Å². The summed E-state index contributed by atoms with van der Waals surface area (Å²) in [7, 11) is 0. The van der Waals surface area contributed by atoms with Crippen LogP contribution in [0.1, 0.15) is 25.7 Å². The third-order valence-corrected chi connectivity index (χ3v) is 4.97. The molecule has 4 rings (SSSR count). The predicted octanol–water partition coefficient (Wildman–Crippen LogP) is 2.83. The molecule has 2 fully saturated rings. The second kappa shape index (κ2) is 6.11. The van der Waals surface area contributed by atoms with Crippen LogP contribution in [0.4, 0.5) is 5.69 Å². The molecule has 6 heteroatoms. The van der Waals surface area contributed by atoms with Crippen molar-refractivity contribution in [2.45, 2.75) is 31.7 Å². The summed E-state index contributed by atoms with van der Waals surface area (Å²) in [6, 6.07) is 3.90. The van der Waals surface area contributed by atoms with E-state index in [-0.39, 0.29) is 12.5 Å². The molecule has 0 radical (unpaired) electrons. The zero-order chi connectivity index (χ0) is 15.8. The molecule has 1 aliphatic heterocycles. The lowest BCUT2D eigenvalue weighted by Crippen LogP contribution is -2.41. The average Bonchev–Trinajstić information content (AvgIpc) is 3.44. The van der Waals surface area contributed by atoms with E-state index < -0.39 is 0 Å². The van der Waals surface area contributed by atoms with Crippen LogP contribution in [0.25, 0.3) is 0 Å². The smallest absolute Gasteiger partial charge is 0.239 e. The van der Waals surface area contributed by atoms with E-state index >= 15 is 0 Å². The lowest BCUT2D eigenvalue weighted by Gasteiger charge is -2.21. The van der Waals surface area contributed by atoms with Gasteiger partial charge < -0.3 is 20.1 Å². The Hall–Kier alpha value is -1.62. The van der Waals surface area contributed by atoms with Crippen LogP contribution in [0.15, 0.2) is 12.1 Å². The first-order chi connectivity index (χ1) is 11.2. The van der Waals surface area contributed by atoms with Gasteiger partial charge in [-0.05, 0) is 37.5 Å². The van der Waals surface area contributed by atoms with Crippen molar-refractivity contribution in [3.8, 4) is 11.5 Å². The van der Waals surface area contributed by atoms with Crippen LogP contribution < -0.4 is 20.1 Å². The maximum Gasteiger partial charge on any atom is 0.239 e. The van der Waals surface area contributed by atoms with Crippen LogP contribution in [-0.4, -0.2) is 31.7 Å².